The van der Waals surface area contributed by atoms with Gasteiger partial charge in [-0.25, -0.2) is 0 Å². The van der Waals surface area contributed by atoms with E-state index in [-0.39, 0.29) is 0 Å². The highest BCUT2D eigenvalue weighted by atomic mass is 32.2. The molecule has 0 fully saturated rings. The van der Waals surface area contributed by atoms with E-state index < -0.39 is 0 Å². The van der Waals surface area contributed by atoms with Crippen molar-refractivity contribution < 1.29 is 9.84 Å². The van der Waals surface area contributed by atoms with Crippen LogP contribution < -0.4 is 0 Å². The maximum Gasteiger partial charge on any atom is 0.115 e. The van der Waals surface area contributed by atoms with Crippen LogP contribution in [-0.2, 0) is 4.74 Å². The topological polar surface area (TPSA) is 29.5 Å². The number of aromatic hydroxyl groups is 1. The van der Waals surface area contributed by atoms with Gasteiger partial charge in [-0.15, -0.1) is 11.8 Å². The lowest BCUT2D eigenvalue weighted by atomic mass is 10.3. The van der Waals surface area contributed by atoms with Crippen LogP contribution >= 0.6 is 11.8 Å². The molecule has 0 spiro atoms. The molecule has 0 atom stereocenters. The fraction of sp³-hybridized carbons (Fsp3) is 0.500. The molecule has 0 amide bonds. The Kier molecular flexibility index (Phi) is 6.28. The SMILES string of the molecule is CCOCCCCSc1ccc(O)cc1. The van der Waals surface area contributed by atoms with Gasteiger partial charge in [-0.3, -0.25) is 0 Å². The van der Waals surface area contributed by atoms with Crippen molar-refractivity contribution in [3.05, 3.63) is 24.3 Å². The third kappa shape index (κ3) is 5.70. The highest BCUT2D eigenvalue weighted by Crippen LogP contribution is 2.21. The Labute approximate surface area is 95.7 Å². The van der Waals surface area contributed by atoms with Crippen molar-refractivity contribution >= 4 is 11.8 Å². The van der Waals surface area contributed by atoms with Crippen LogP contribution in [-0.4, -0.2) is 24.1 Å². The van der Waals surface area contributed by atoms with Gasteiger partial charge in [0.05, 0.1) is 0 Å². The average Bonchev–Trinajstić information content (AvgIpc) is 2.26. The molecule has 0 unspecified atom stereocenters. The molecule has 0 radical (unpaired) electrons. The highest BCUT2D eigenvalue weighted by Gasteiger charge is 1.94. The Morgan fingerprint density at radius 2 is 1.93 bits per heavy atom. The first-order valence-corrected chi connectivity index (χ1v) is 6.31. The van der Waals surface area contributed by atoms with E-state index in [4.69, 9.17) is 9.84 Å². The summed E-state index contributed by atoms with van der Waals surface area (Å²) in [4.78, 5) is 1.21. The first kappa shape index (κ1) is 12.4. The van der Waals surface area contributed by atoms with E-state index in [0.29, 0.717) is 5.75 Å². The predicted octanol–water partition coefficient (Wildman–Crippen LogP) is 3.30. The van der Waals surface area contributed by atoms with E-state index in [1.54, 1.807) is 12.1 Å². The molecule has 0 aliphatic heterocycles. The van der Waals surface area contributed by atoms with Crippen LogP contribution in [0.5, 0.6) is 5.75 Å². The summed E-state index contributed by atoms with van der Waals surface area (Å²) in [6.45, 7) is 3.70. The van der Waals surface area contributed by atoms with Crippen molar-refractivity contribution in [3.63, 3.8) is 0 Å². The summed E-state index contributed by atoms with van der Waals surface area (Å²) < 4.78 is 5.26. The van der Waals surface area contributed by atoms with Crippen molar-refractivity contribution in [2.24, 2.45) is 0 Å². The minimum atomic E-state index is 0.329. The van der Waals surface area contributed by atoms with Crippen molar-refractivity contribution in [3.8, 4) is 5.75 Å². The average molecular weight is 226 g/mol. The zero-order valence-electron chi connectivity index (χ0n) is 9.11. The number of phenolic OH excluding ortho intramolecular Hbond substituents is 1. The largest absolute Gasteiger partial charge is 0.508 e. The summed E-state index contributed by atoms with van der Waals surface area (Å²) in [5.41, 5.74) is 0. The summed E-state index contributed by atoms with van der Waals surface area (Å²) in [7, 11) is 0. The van der Waals surface area contributed by atoms with Crippen LogP contribution in [0.4, 0.5) is 0 Å². The Morgan fingerprint density at radius 3 is 2.60 bits per heavy atom. The molecule has 0 bridgehead atoms. The smallest absolute Gasteiger partial charge is 0.115 e. The van der Waals surface area contributed by atoms with Crippen LogP contribution in [0.1, 0.15) is 19.8 Å². The number of hydrogen-bond acceptors (Lipinski definition) is 3. The van der Waals surface area contributed by atoms with Gasteiger partial charge in [-0.1, -0.05) is 0 Å². The van der Waals surface area contributed by atoms with Gasteiger partial charge in [0.2, 0.25) is 0 Å². The molecule has 1 aromatic rings. The van der Waals surface area contributed by atoms with Gasteiger partial charge in [0, 0.05) is 18.1 Å². The minimum absolute atomic E-state index is 0.329. The van der Waals surface area contributed by atoms with Gasteiger partial charge in [0.25, 0.3) is 0 Å². The van der Waals surface area contributed by atoms with Crippen molar-refractivity contribution in [1.82, 2.24) is 0 Å². The summed E-state index contributed by atoms with van der Waals surface area (Å²) >= 11 is 1.82. The second-order valence-electron chi connectivity index (χ2n) is 3.25. The molecule has 0 aliphatic rings. The molecule has 2 nitrogen and oxygen atoms in total. The lowest BCUT2D eigenvalue weighted by Crippen LogP contribution is -1.93. The second kappa shape index (κ2) is 7.60. The lowest BCUT2D eigenvalue weighted by molar-refractivity contribution is 0.144. The minimum Gasteiger partial charge on any atom is -0.508 e. The van der Waals surface area contributed by atoms with Crippen LogP contribution in [0.2, 0.25) is 0 Å². The number of unbranched alkanes of at least 4 members (excludes halogenated alkanes) is 1. The van der Waals surface area contributed by atoms with Gasteiger partial charge in [-0.2, -0.15) is 0 Å². The Morgan fingerprint density at radius 1 is 1.20 bits per heavy atom. The first-order chi connectivity index (χ1) is 7.33. The van der Waals surface area contributed by atoms with Gasteiger partial charge < -0.3 is 9.84 Å². The van der Waals surface area contributed by atoms with E-state index in [1.165, 1.54) is 11.3 Å². The zero-order chi connectivity index (χ0) is 10.9. The van der Waals surface area contributed by atoms with Gasteiger partial charge in [0.1, 0.15) is 5.75 Å². The molecule has 0 aromatic heterocycles. The summed E-state index contributed by atoms with van der Waals surface area (Å²) in [6.07, 6.45) is 2.30. The molecular weight excluding hydrogens is 208 g/mol. The molecule has 3 heteroatoms. The first-order valence-electron chi connectivity index (χ1n) is 5.32. The van der Waals surface area contributed by atoms with Gasteiger partial charge in [0.15, 0.2) is 0 Å². The molecule has 84 valence electrons. The summed E-state index contributed by atoms with van der Waals surface area (Å²) in [5.74, 6) is 1.44. The molecule has 1 rings (SSSR count). The maximum absolute atomic E-state index is 9.10. The fourth-order valence-corrected chi connectivity index (χ4v) is 2.10. The Balaban J connectivity index is 2.07. The molecule has 0 aliphatic carbocycles. The molecule has 0 saturated carbocycles. The normalized spacial score (nSPS) is 10.5. The van der Waals surface area contributed by atoms with E-state index in [2.05, 4.69) is 0 Å². The van der Waals surface area contributed by atoms with E-state index in [0.717, 1.165) is 25.4 Å². The molecule has 15 heavy (non-hydrogen) atoms. The lowest BCUT2D eigenvalue weighted by Gasteiger charge is -2.02. The van der Waals surface area contributed by atoms with Crippen LogP contribution in [0.3, 0.4) is 0 Å². The summed E-state index contributed by atoms with van der Waals surface area (Å²) in [5, 5.41) is 9.10. The molecule has 0 saturated heterocycles. The number of thioether (sulfide) groups is 1. The standard InChI is InChI=1S/C12H18O2S/c1-2-14-9-3-4-10-15-12-7-5-11(13)6-8-12/h5-8,13H,2-4,9-10H2,1H3. The zero-order valence-corrected chi connectivity index (χ0v) is 9.93. The summed E-state index contributed by atoms with van der Waals surface area (Å²) in [6, 6.07) is 7.34. The Hall–Kier alpha value is -0.670. The van der Waals surface area contributed by atoms with E-state index in [9.17, 15) is 0 Å². The monoisotopic (exact) mass is 226 g/mol. The van der Waals surface area contributed by atoms with E-state index in [1.807, 2.05) is 30.8 Å². The quantitative estimate of drug-likeness (QED) is 0.571. The third-order valence-electron chi connectivity index (χ3n) is 1.99. The fourth-order valence-electron chi connectivity index (χ4n) is 1.18. The van der Waals surface area contributed by atoms with Crippen LogP contribution in [0.15, 0.2) is 29.2 Å². The third-order valence-corrected chi connectivity index (χ3v) is 3.09. The molecule has 1 N–H and O–H groups in total. The molecule has 0 heterocycles. The number of phenols is 1. The molecular formula is C12H18O2S. The predicted molar refractivity (Wildman–Crippen MR) is 64.6 cm³/mol. The van der Waals surface area contributed by atoms with Crippen molar-refractivity contribution in [1.29, 1.82) is 0 Å². The number of ether oxygens (including phenoxy) is 1. The van der Waals surface area contributed by atoms with Crippen LogP contribution in [0, 0.1) is 0 Å². The Bertz CT molecular complexity index is 259. The van der Waals surface area contributed by atoms with Gasteiger partial charge in [-0.05, 0) is 49.8 Å². The van der Waals surface area contributed by atoms with Crippen LogP contribution in [0.25, 0.3) is 0 Å². The van der Waals surface area contributed by atoms with Gasteiger partial charge >= 0.3 is 0 Å². The number of rotatable bonds is 7. The maximum atomic E-state index is 9.10. The number of benzene rings is 1. The highest BCUT2D eigenvalue weighted by molar-refractivity contribution is 7.99. The second-order valence-corrected chi connectivity index (χ2v) is 4.41. The van der Waals surface area contributed by atoms with E-state index >= 15 is 0 Å². The number of hydrogen-bond donors (Lipinski definition) is 1. The van der Waals surface area contributed by atoms with Crippen molar-refractivity contribution in [2.45, 2.75) is 24.7 Å². The van der Waals surface area contributed by atoms with Crippen molar-refractivity contribution in [2.75, 3.05) is 19.0 Å². The molecule has 1 aromatic carbocycles.